The van der Waals surface area contributed by atoms with Crippen LogP contribution in [0.3, 0.4) is 0 Å². The van der Waals surface area contributed by atoms with Gasteiger partial charge in [0.05, 0.1) is 12.5 Å². The molecule has 0 rings (SSSR count). The third-order valence-corrected chi connectivity index (χ3v) is 5.63. The molecular formula is C21H36N4O9. The normalized spacial score (nSPS) is 16.1. The zero-order chi connectivity index (χ0) is 26.6. The number of hydrogen-bond donors (Lipinski definition) is 7. The number of carboxylic acid groups (broad SMARTS) is 3. The largest absolute Gasteiger partial charge is 0.481 e. The molecule has 0 saturated heterocycles. The Morgan fingerprint density at radius 2 is 1.26 bits per heavy atom. The quantitative estimate of drug-likeness (QED) is 0.144. The predicted molar refractivity (Wildman–Crippen MR) is 119 cm³/mol. The van der Waals surface area contributed by atoms with Crippen LogP contribution in [-0.4, -0.2) is 75.1 Å². The van der Waals surface area contributed by atoms with Crippen LogP contribution in [0.1, 0.15) is 59.8 Å². The number of carboxylic acids is 3. The molecule has 34 heavy (non-hydrogen) atoms. The summed E-state index contributed by atoms with van der Waals surface area (Å²) in [5.41, 5.74) is 5.94. The molecule has 13 nitrogen and oxygen atoms in total. The van der Waals surface area contributed by atoms with Gasteiger partial charge in [0.15, 0.2) is 0 Å². The lowest BCUT2D eigenvalue weighted by Gasteiger charge is -2.28. The summed E-state index contributed by atoms with van der Waals surface area (Å²) in [4.78, 5) is 71.3. The van der Waals surface area contributed by atoms with Crippen LogP contribution in [-0.2, 0) is 28.8 Å². The van der Waals surface area contributed by atoms with Crippen LogP contribution in [0.4, 0.5) is 0 Å². The van der Waals surface area contributed by atoms with Crippen molar-refractivity contribution in [3.05, 3.63) is 0 Å². The first-order valence-electron chi connectivity index (χ1n) is 11.1. The van der Waals surface area contributed by atoms with Gasteiger partial charge in [0.1, 0.15) is 18.1 Å². The highest BCUT2D eigenvalue weighted by molar-refractivity contribution is 5.95. The molecular weight excluding hydrogens is 452 g/mol. The lowest BCUT2D eigenvalue weighted by atomic mass is 9.95. The van der Waals surface area contributed by atoms with Crippen LogP contribution in [0.25, 0.3) is 0 Å². The third-order valence-electron chi connectivity index (χ3n) is 5.63. The number of amides is 3. The molecule has 3 amide bonds. The lowest BCUT2D eigenvalue weighted by Crippen LogP contribution is -2.59. The van der Waals surface area contributed by atoms with Crippen LogP contribution in [0, 0.1) is 11.8 Å². The fraction of sp³-hybridized carbons (Fsp3) is 0.714. The van der Waals surface area contributed by atoms with Crippen LogP contribution in [0.5, 0.6) is 0 Å². The number of carbonyl (C=O) groups is 6. The smallest absolute Gasteiger partial charge is 0.326 e. The van der Waals surface area contributed by atoms with E-state index in [1.807, 2.05) is 12.2 Å². The van der Waals surface area contributed by atoms with Gasteiger partial charge in [-0.05, 0) is 18.3 Å². The third kappa shape index (κ3) is 10.6. The van der Waals surface area contributed by atoms with Gasteiger partial charge in [-0.2, -0.15) is 0 Å². The summed E-state index contributed by atoms with van der Waals surface area (Å²) in [5.74, 6) is -7.29. The van der Waals surface area contributed by atoms with Crippen molar-refractivity contribution in [3.8, 4) is 0 Å². The van der Waals surface area contributed by atoms with Gasteiger partial charge >= 0.3 is 17.9 Å². The van der Waals surface area contributed by atoms with Crippen molar-refractivity contribution in [2.45, 2.75) is 84.0 Å². The van der Waals surface area contributed by atoms with E-state index in [2.05, 4.69) is 10.6 Å². The monoisotopic (exact) mass is 488 g/mol. The second-order valence-corrected chi connectivity index (χ2v) is 8.27. The van der Waals surface area contributed by atoms with Gasteiger partial charge in [0.25, 0.3) is 0 Å². The first-order chi connectivity index (χ1) is 15.7. The molecule has 6 unspecified atom stereocenters. The average Bonchev–Trinajstić information content (AvgIpc) is 2.76. The van der Waals surface area contributed by atoms with Crippen LogP contribution in [0.15, 0.2) is 0 Å². The topological polar surface area (TPSA) is 225 Å². The molecule has 0 aliphatic rings. The first-order valence-corrected chi connectivity index (χ1v) is 11.1. The van der Waals surface area contributed by atoms with E-state index >= 15 is 0 Å². The molecule has 6 atom stereocenters. The Labute approximate surface area is 197 Å². The minimum atomic E-state index is -1.78. The first kappa shape index (κ1) is 30.8. The maximum Gasteiger partial charge on any atom is 0.326 e. The van der Waals surface area contributed by atoms with Gasteiger partial charge in [-0.3, -0.25) is 24.0 Å². The number of nitrogens with two attached hydrogens (primary N) is 1. The Morgan fingerprint density at radius 1 is 0.735 bits per heavy atom. The molecule has 0 radical (unpaired) electrons. The maximum atomic E-state index is 13.0. The van der Waals surface area contributed by atoms with Crippen molar-refractivity contribution in [1.29, 1.82) is 0 Å². The Hall–Kier alpha value is -3.22. The molecule has 0 bridgehead atoms. The fourth-order valence-corrected chi connectivity index (χ4v) is 2.91. The number of hydrogen-bond acceptors (Lipinski definition) is 7. The number of nitrogens with one attached hydrogen (secondary N) is 3. The Bertz CT molecular complexity index is 759. The van der Waals surface area contributed by atoms with Crippen molar-refractivity contribution in [2.75, 3.05) is 0 Å². The number of rotatable bonds is 16. The average molecular weight is 489 g/mol. The van der Waals surface area contributed by atoms with E-state index in [1.54, 1.807) is 20.8 Å². The zero-order valence-corrected chi connectivity index (χ0v) is 19.9. The summed E-state index contributed by atoms with van der Waals surface area (Å²) in [6, 6.07) is -5.23. The van der Waals surface area contributed by atoms with E-state index in [9.17, 15) is 28.8 Å². The van der Waals surface area contributed by atoms with E-state index in [0.717, 1.165) is 0 Å². The van der Waals surface area contributed by atoms with Crippen molar-refractivity contribution >= 4 is 35.6 Å². The highest BCUT2D eigenvalue weighted by Gasteiger charge is 2.33. The zero-order valence-electron chi connectivity index (χ0n) is 19.9. The Morgan fingerprint density at radius 3 is 1.71 bits per heavy atom. The summed E-state index contributed by atoms with van der Waals surface area (Å²) in [7, 11) is 0. The van der Waals surface area contributed by atoms with E-state index < -0.39 is 72.6 Å². The van der Waals surface area contributed by atoms with E-state index in [1.165, 1.54) is 0 Å². The molecule has 13 heteroatoms. The van der Waals surface area contributed by atoms with Crippen LogP contribution >= 0.6 is 0 Å². The predicted octanol–water partition coefficient (Wildman–Crippen LogP) is -0.716. The molecule has 0 heterocycles. The molecule has 0 spiro atoms. The van der Waals surface area contributed by atoms with E-state index in [-0.39, 0.29) is 18.3 Å². The van der Waals surface area contributed by atoms with Gasteiger partial charge in [-0.25, -0.2) is 4.79 Å². The molecule has 194 valence electrons. The van der Waals surface area contributed by atoms with Crippen LogP contribution < -0.4 is 21.7 Å². The molecule has 0 aromatic rings. The summed E-state index contributed by atoms with van der Waals surface area (Å²) in [6.07, 6.45) is -0.732. The van der Waals surface area contributed by atoms with E-state index in [4.69, 9.17) is 21.1 Å². The molecule has 8 N–H and O–H groups in total. The molecule has 0 aliphatic carbocycles. The maximum absolute atomic E-state index is 13.0. The second kappa shape index (κ2) is 14.8. The van der Waals surface area contributed by atoms with E-state index in [0.29, 0.717) is 12.8 Å². The summed E-state index contributed by atoms with van der Waals surface area (Å²) < 4.78 is 0. The molecule has 0 aliphatic heterocycles. The number of carbonyl (C=O) groups excluding carboxylic acids is 3. The molecule has 0 fully saturated rings. The van der Waals surface area contributed by atoms with Crippen molar-refractivity contribution < 1.29 is 44.1 Å². The SMILES string of the molecule is CCC(C)C(N)C(=O)NC(C(=O)NC(CCC(=O)O)C(=O)NC(CC(=O)O)C(=O)O)C(C)CC. The fourth-order valence-electron chi connectivity index (χ4n) is 2.91. The van der Waals surface area contributed by atoms with Crippen LogP contribution in [0.2, 0.25) is 0 Å². The van der Waals surface area contributed by atoms with Crippen molar-refractivity contribution in [2.24, 2.45) is 17.6 Å². The Balaban J connectivity index is 5.68. The standard InChI is InChI=1S/C21H36N4O9/c1-5-10(3)16(22)19(31)25-17(11(4)6-2)20(32)23-12(7-8-14(26)27)18(30)24-13(21(33)34)9-15(28)29/h10-13,16-17H,5-9,22H2,1-4H3,(H,23,32)(H,24,30)(H,25,31)(H,26,27)(H,28,29)(H,33,34). The van der Waals surface area contributed by atoms with Gasteiger partial charge in [-0.15, -0.1) is 0 Å². The minimum absolute atomic E-state index is 0.156. The summed E-state index contributed by atoms with van der Waals surface area (Å²) >= 11 is 0. The molecule has 0 aromatic heterocycles. The second-order valence-electron chi connectivity index (χ2n) is 8.27. The highest BCUT2D eigenvalue weighted by Crippen LogP contribution is 2.12. The highest BCUT2D eigenvalue weighted by atomic mass is 16.4. The van der Waals surface area contributed by atoms with Gasteiger partial charge < -0.3 is 37.0 Å². The minimum Gasteiger partial charge on any atom is -0.481 e. The van der Waals surface area contributed by atoms with Crippen molar-refractivity contribution in [1.82, 2.24) is 16.0 Å². The summed E-state index contributed by atoms with van der Waals surface area (Å²) in [6.45, 7) is 7.12. The summed E-state index contributed by atoms with van der Waals surface area (Å²) in [5, 5.41) is 33.9. The molecule has 0 aromatic carbocycles. The molecule has 0 saturated carbocycles. The van der Waals surface area contributed by atoms with Crippen molar-refractivity contribution in [3.63, 3.8) is 0 Å². The number of aliphatic carboxylic acids is 3. The van der Waals surface area contributed by atoms with Gasteiger partial charge in [0.2, 0.25) is 17.7 Å². The lowest BCUT2D eigenvalue weighted by molar-refractivity contribution is -0.147. The Kier molecular flexibility index (Phi) is 13.4. The van der Waals surface area contributed by atoms with Gasteiger partial charge in [0, 0.05) is 6.42 Å². The van der Waals surface area contributed by atoms with Gasteiger partial charge in [-0.1, -0.05) is 40.5 Å².